The van der Waals surface area contributed by atoms with Gasteiger partial charge >= 0.3 is 11.9 Å². The summed E-state index contributed by atoms with van der Waals surface area (Å²) >= 11 is 0. The minimum atomic E-state index is -1.48. The summed E-state index contributed by atoms with van der Waals surface area (Å²) in [5, 5.41) is 30.0. The number of amides is 12. The Hall–Kier alpha value is -7.58. The number of nitrogens with zero attached hydrogens (tertiary/aromatic N) is 4. The number of rotatable bonds is 32. The molecule has 4 aliphatic heterocycles. The number of carboxylic acids is 1. The predicted molar refractivity (Wildman–Crippen MR) is 351 cm³/mol. The van der Waals surface area contributed by atoms with E-state index >= 15 is 0 Å². The van der Waals surface area contributed by atoms with Crippen molar-refractivity contribution in [2.75, 3.05) is 65.6 Å². The van der Waals surface area contributed by atoms with Crippen LogP contribution in [0.1, 0.15) is 174 Å². The number of aliphatic carboxylic acids is 1. The van der Waals surface area contributed by atoms with Crippen molar-refractivity contribution in [1.82, 2.24) is 62.1 Å². The predicted octanol–water partition coefficient (Wildman–Crippen LogP) is -1.23. The maximum atomic E-state index is 14.4. The summed E-state index contributed by atoms with van der Waals surface area (Å²) in [5.74, 6) is -10.3. The first kappa shape index (κ1) is 81.8. The molecule has 0 spiro atoms. The molecule has 12 amide bonds. The monoisotopic (exact) mass is 1380 g/mol. The lowest BCUT2D eigenvalue weighted by Gasteiger charge is -2.34. The van der Waals surface area contributed by atoms with Crippen molar-refractivity contribution in [2.45, 2.75) is 257 Å². The van der Waals surface area contributed by atoms with Gasteiger partial charge in [-0.3, -0.25) is 62.3 Å². The zero-order chi connectivity index (χ0) is 73.1. The highest BCUT2D eigenvalue weighted by molar-refractivity contribution is 5.99. The van der Waals surface area contributed by atoms with Crippen LogP contribution in [0.15, 0.2) is 0 Å². The third-order valence-corrected chi connectivity index (χ3v) is 16.1. The van der Waals surface area contributed by atoms with Gasteiger partial charge in [-0.2, -0.15) is 0 Å². The third-order valence-electron chi connectivity index (χ3n) is 16.1. The van der Waals surface area contributed by atoms with E-state index < -0.39 is 198 Å². The molecular formula is C65H109N13O19. The van der Waals surface area contributed by atoms with Crippen molar-refractivity contribution < 1.29 is 91.2 Å². The third kappa shape index (κ3) is 27.3. The van der Waals surface area contributed by atoms with Crippen molar-refractivity contribution in [3.63, 3.8) is 0 Å². The lowest BCUT2D eigenvalue weighted by molar-refractivity contribution is -0.155. The molecule has 10 atom stereocenters. The number of nitrogens with two attached hydrogens (primary N) is 1. The molecule has 4 fully saturated rings. The number of carbonyl (C=O) groups excluding carboxylic acids is 13. The van der Waals surface area contributed by atoms with Gasteiger partial charge in [-0.15, -0.1) is 0 Å². The van der Waals surface area contributed by atoms with Crippen LogP contribution in [-0.2, 0) is 86.1 Å². The number of hydrogen-bond donors (Lipinski definition) is 10. The number of nitrogens with one attached hydrogen (secondary N) is 8. The fourth-order valence-electron chi connectivity index (χ4n) is 11.3. The van der Waals surface area contributed by atoms with Crippen LogP contribution >= 0.6 is 0 Å². The van der Waals surface area contributed by atoms with Crippen molar-refractivity contribution in [3.05, 3.63) is 0 Å². The van der Waals surface area contributed by atoms with E-state index in [2.05, 4.69) is 42.5 Å². The molecule has 4 aliphatic rings. The molecule has 32 heteroatoms. The molecule has 11 N–H and O–H groups in total. The summed E-state index contributed by atoms with van der Waals surface area (Å²) in [4.78, 5) is 195. The van der Waals surface area contributed by atoms with Crippen molar-refractivity contribution in [1.29, 1.82) is 0 Å². The smallest absolute Gasteiger partial charge is 0.328 e. The summed E-state index contributed by atoms with van der Waals surface area (Å²) in [6.07, 6.45) is 2.68. The van der Waals surface area contributed by atoms with Crippen LogP contribution in [0.3, 0.4) is 0 Å². The minimum absolute atomic E-state index is 0.0622. The Kier molecular flexibility index (Phi) is 30.6. The van der Waals surface area contributed by atoms with Gasteiger partial charge in [0.25, 0.3) is 0 Å². The quantitative estimate of drug-likeness (QED) is 0.0353. The van der Waals surface area contributed by atoms with Crippen LogP contribution in [0.4, 0.5) is 0 Å². The van der Waals surface area contributed by atoms with Crippen LogP contribution in [-0.4, -0.2) is 256 Å². The Morgan fingerprint density at radius 1 is 0.464 bits per heavy atom. The minimum Gasteiger partial charge on any atom is -0.480 e. The molecule has 32 nitrogen and oxygen atoms in total. The fourth-order valence-corrected chi connectivity index (χ4v) is 11.3. The average molecular weight is 1380 g/mol. The van der Waals surface area contributed by atoms with Crippen LogP contribution in [0.2, 0.25) is 0 Å². The molecule has 97 heavy (non-hydrogen) atoms. The van der Waals surface area contributed by atoms with Crippen molar-refractivity contribution in [3.8, 4) is 0 Å². The topological polar surface area (TPSA) is 431 Å². The second kappa shape index (κ2) is 36.3. The molecule has 4 saturated heterocycles. The van der Waals surface area contributed by atoms with Crippen LogP contribution in [0, 0.1) is 5.92 Å². The van der Waals surface area contributed by atoms with Gasteiger partial charge in [-0.25, -0.2) is 4.79 Å². The van der Waals surface area contributed by atoms with Gasteiger partial charge in [-0.05, 0) is 160 Å². The standard InChI is InChI=1S/C65H109N13O19/c1-37(2)30-39(66)52(83)71-40(24-25-51(82)97-65(13,14)15)53(84)68-31-48(79)67-33-50(81)75-26-16-20-44(75)56(87)73-42(35-95-63(7,8)9)55(86)72-41(34-94-62(4,5)6)54(85)69-32-49(80)70-38(3)58(89)77-28-18-22-46(77)60(91)78-29-19-23-47(78)59(90)76-27-17-21-45(76)57(88)74-43(61(92)93)36-96-64(10,11)12/h37-47H,16-36,66H2,1-15H3,(H,67,79)(H,68,84)(H,69,85)(H,70,80)(H,71,83)(H,72,86)(H,73,87)(H,74,88)(H,92,93)/t38-,39-,40-,41-,42-,43-,44-,45-,46-,47-/m0/s1. The number of carbonyl (C=O) groups is 14. The van der Waals surface area contributed by atoms with Gasteiger partial charge in [0.05, 0.1) is 62.3 Å². The Bertz CT molecular complexity index is 2830. The van der Waals surface area contributed by atoms with E-state index in [4.69, 9.17) is 24.7 Å². The molecule has 0 aromatic carbocycles. The normalized spacial score (nSPS) is 20.1. The number of esters is 1. The maximum absolute atomic E-state index is 14.4. The summed E-state index contributed by atoms with van der Waals surface area (Å²) in [6, 6.07) is -11.7. The Morgan fingerprint density at radius 3 is 1.37 bits per heavy atom. The summed E-state index contributed by atoms with van der Waals surface area (Å²) in [7, 11) is 0. The average Bonchev–Trinajstić information content (AvgIpc) is 1.67. The molecule has 0 aromatic rings. The molecular weight excluding hydrogens is 1270 g/mol. The maximum Gasteiger partial charge on any atom is 0.328 e. The van der Waals surface area contributed by atoms with Gasteiger partial charge in [0.1, 0.15) is 53.9 Å². The van der Waals surface area contributed by atoms with E-state index in [-0.39, 0.29) is 70.8 Å². The van der Waals surface area contributed by atoms with Crippen LogP contribution < -0.4 is 48.3 Å². The first-order chi connectivity index (χ1) is 44.9. The SMILES string of the molecule is CC(C)C[C@H](N)C(=O)N[C@@H](CCC(=O)OC(C)(C)C)C(=O)NCC(=O)NCC(=O)N1CCC[C@H]1C(=O)N[C@@H](COC(C)(C)C)C(=O)N[C@@H](COC(C)(C)C)C(=O)NCC(=O)N[C@@H](C)C(=O)N1CCC[C@H]1C(=O)N1CCC[C@H]1C(=O)N1CCC[C@H]1C(=O)N[C@@H](COC(C)(C)C)C(=O)O. The van der Waals surface area contributed by atoms with E-state index in [9.17, 15) is 72.2 Å². The highest BCUT2D eigenvalue weighted by Crippen LogP contribution is 2.29. The molecule has 0 unspecified atom stereocenters. The highest BCUT2D eigenvalue weighted by Gasteiger charge is 2.47. The second-order valence-electron chi connectivity index (χ2n) is 29.5. The zero-order valence-corrected chi connectivity index (χ0v) is 59.4. The Balaban J connectivity index is 1.36. The highest BCUT2D eigenvalue weighted by atomic mass is 16.6. The van der Waals surface area contributed by atoms with E-state index in [0.717, 1.165) is 0 Å². The van der Waals surface area contributed by atoms with E-state index in [1.807, 2.05) is 13.8 Å². The molecule has 0 bridgehead atoms. The lowest BCUT2D eigenvalue weighted by atomic mass is 10.0. The van der Waals surface area contributed by atoms with Gasteiger partial charge < -0.3 is 91.9 Å². The second-order valence-corrected chi connectivity index (χ2v) is 29.5. The number of carboxylic acid groups (broad SMARTS) is 1. The first-order valence-corrected chi connectivity index (χ1v) is 33.6. The molecule has 4 heterocycles. The summed E-state index contributed by atoms with van der Waals surface area (Å²) < 4.78 is 22.8. The van der Waals surface area contributed by atoms with Crippen molar-refractivity contribution >= 4 is 82.8 Å². The van der Waals surface area contributed by atoms with E-state index in [1.54, 1.807) is 83.1 Å². The fraction of sp³-hybridized carbons (Fsp3) is 0.785. The molecule has 0 aliphatic carbocycles. The summed E-state index contributed by atoms with van der Waals surface area (Å²) in [6.45, 7) is 23.3. The molecule has 4 rings (SSSR count). The van der Waals surface area contributed by atoms with Crippen LogP contribution in [0.25, 0.3) is 0 Å². The van der Waals surface area contributed by atoms with Gasteiger partial charge in [-0.1, -0.05) is 13.8 Å². The lowest BCUT2D eigenvalue weighted by Crippen LogP contribution is -2.60. The zero-order valence-electron chi connectivity index (χ0n) is 59.4. The number of likely N-dealkylation sites (tertiary alicyclic amines) is 4. The largest absolute Gasteiger partial charge is 0.480 e. The Labute approximate surface area is 568 Å². The van der Waals surface area contributed by atoms with Gasteiger partial charge in [0.2, 0.25) is 70.9 Å². The molecule has 0 aromatic heterocycles. The number of hydrogen-bond acceptors (Lipinski definition) is 19. The summed E-state index contributed by atoms with van der Waals surface area (Å²) in [5.41, 5.74) is 2.88. The van der Waals surface area contributed by atoms with Crippen molar-refractivity contribution in [2.24, 2.45) is 11.7 Å². The van der Waals surface area contributed by atoms with E-state index in [0.29, 0.717) is 38.5 Å². The van der Waals surface area contributed by atoms with Gasteiger partial charge in [0.15, 0.2) is 6.04 Å². The molecule has 0 saturated carbocycles. The molecule has 548 valence electrons. The van der Waals surface area contributed by atoms with Gasteiger partial charge in [0, 0.05) is 32.6 Å². The first-order valence-electron chi connectivity index (χ1n) is 33.6. The Morgan fingerprint density at radius 2 is 0.876 bits per heavy atom. The van der Waals surface area contributed by atoms with Crippen LogP contribution in [0.5, 0.6) is 0 Å². The number of ether oxygens (including phenoxy) is 4. The molecule has 0 radical (unpaired) electrons. The van der Waals surface area contributed by atoms with E-state index in [1.165, 1.54) is 26.5 Å².